The summed E-state index contributed by atoms with van der Waals surface area (Å²) in [6.07, 6.45) is 1.49. The van der Waals surface area contributed by atoms with Crippen LogP contribution in [0.1, 0.15) is 33.5 Å². The second-order valence-electron chi connectivity index (χ2n) is 6.94. The summed E-state index contributed by atoms with van der Waals surface area (Å²) >= 11 is 0. The topological polar surface area (TPSA) is 107 Å². The summed E-state index contributed by atoms with van der Waals surface area (Å²) in [6.45, 7) is 0.0825. The number of benzene rings is 2. The highest BCUT2D eigenvalue weighted by Crippen LogP contribution is 2.39. The van der Waals surface area contributed by atoms with Crippen molar-refractivity contribution >= 4 is 22.6 Å². The molecule has 0 N–H and O–H groups in total. The number of nitrogens with zero attached hydrogens (tertiary/aromatic N) is 2. The van der Waals surface area contributed by atoms with Crippen LogP contribution >= 0.6 is 0 Å². The van der Waals surface area contributed by atoms with E-state index < -0.39 is 16.9 Å². The van der Waals surface area contributed by atoms with Crippen molar-refractivity contribution in [1.29, 1.82) is 0 Å². The highest BCUT2D eigenvalue weighted by Gasteiger charge is 2.43. The van der Waals surface area contributed by atoms with Gasteiger partial charge < -0.3 is 13.7 Å². The third-order valence-corrected chi connectivity index (χ3v) is 5.18. The van der Waals surface area contributed by atoms with E-state index in [0.29, 0.717) is 22.3 Å². The quantitative estimate of drug-likeness (QED) is 0.377. The highest BCUT2D eigenvalue weighted by atomic mass is 16.6. The van der Waals surface area contributed by atoms with Gasteiger partial charge >= 0.3 is 0 Å². The van der Waals surface area contributed by atoms with Crippen LogP contribution in [-0.2, 0) is 6.54 Å². The molecule has 148 valence electrons. The molecular formula is C22H14N2O6. The summed E-state index contributed by atoms with van der Waals surface area (Å²) in [6, 6.07) is 15.2. The Labute approximate surface area is 169 Å². The molecule has 0 bridgehead atoms. The molecule has 0 spiro atoms. The van der Waals surface area contributed by atoms with Gasteiger partial charge in [-0.15, -0.1) is 0 Å². The maximum Gasteiger partial charge on any atom is 0.291 e. The zero-order valence-corrected chi connectivity index (χ0v) is 15.5. The molecule has 1 amide bonds. The Bertz CT molecular complexity index is 1360. The van der Waals surface area contributed by atoms with Crippen molar-refractivity contribution in [3.63, 3.8) is 0 Å². The lowest BCUT2D eigenvalue weighted by molar-refractivity contribution is -0.384. The monoisotopic (exact) mass is 402 g/mol. The van der Waals surface area contributed by atoms with E-state index in [1.54, 1.807) is 42.5 Å². The summed E-state index contributed by atoms with van der Waals surface area (Å²) in [4.78, 5) is 38.8. The lowest BCUT2D eigenvalue weighted by Crippen LogP contribution is -2.29. The number of hydrogen-bond acceptors (Lipinski definition) is 6. The molecule has 2 aromatic carbocycles. The molecule has 0 fully saturated rings. The van der Waals surface area contributed by atoms with Crippen LogP contribution in [0.4, 0.5) is 5.69 Å². The highest BCUT2D eigenvalue weighted by molar-refractivity contribution is 5.99. The number of fused-ring (bicyclic) bond motifs is 2. The van der Waals surface area contributed by atoms with E-state index in [4.69, 9.17) is 8.83 Å². The average molecular weight is 402 g/mol. The predicted octanol–water partition coefficient (Wildman–Crippen LogP) is 4.04. The van der Waals surface area contributed by atoms with Gasteiger partial charge in [-0.05, 0) is 29.8 Å². The van der Waals surface area contributed by atoms with Gasteiger partial charge in [-0.25, -0.2) is 0 Å². The first-order valence-corrected chi connectivity index (χ1v) is 9.18. The normalized spacial score (nSPS) is 15.5. The average Bonchev–Trinajstić information content (AvgIpc) is 3.36. The standard InChI is InChI=1S/C22H14N2O6/c25-20-16-8-1-2-9-17(16)30-21-18(20)19(13-5-3-6-14(11-13)24(27)28)23(22(21)26)12-15-7-4-10-29-15/h1-11,19H,12H2/t19-/m1/s1. The van der Waals surface area contributed by atoms with Gasteiger partial charge in [0.15, 0.2) is 5.43 Å². The van der Waals surface area contributed by atoms with Crippen LogP contribution < -0.4 is 5.43 Å². The van der Waals surface area contributed by atoms with Gasteiger partial charge in [-0.3, -0.25) is 19.7 Å². The molecule has 0 saturated heterocycles. The number of non-ortho nitro benzene ring substituents is 1. The summed E-state index contributed by atoms with van der Waals surface area (Å²) in [5.41, 5.74) is 0.471. The predicted molar refractivity (Wildman–Crippen MR) is 106 cm³/mol. The number of rotatable bonds is 4. The molecule has 0 radical (unpaired) electrons. The van der Waals surface area contributed by atoms with Gasteiger partial charge in [0.25, 0.3) is 11.6 Å². The first-order valence-electron chi connectivity index (χ1n) is 9.18. The third kappa shape index (κ3) is 2.69. The number of nitro benzene ring substituents is 1. The van der Waals surface area contributed by atoms with Crippen molar-refractivity contribution in [3.8, 4) is 0 Å². The zero-order chi connectivity index (χ0) is 20.8. The van der Waals surface area contributed by atoms with Gasteiger partial charge in [0.1, 0.15) is 11.3 Å². The molecule has 3 heterocycles. The Balaban J connectivity index is 1.75. The Morgan fingerprint density at radius 2 is 1.87 bits per heavy atom. The minimum atomic E-state index is -0.835. The SMILES string of the molecule is O=C1c2oc3ccccc3c(=O)c2[C@@H](c2cccc([N+](=O)[O-])c2)N1Cc1ccco1. The molecule has 8 heteroatoms. The summed E-state index contributed by atoms with van der Waals surface area (Å²) in [5, 5.41) is 11.6. The first-order chi connectivity index (χ1) is 14.5. The lowest BCUT2D eigenvalue weighted by atomic mass is 9.98. The summed E-state index contributed by atoms with van der Waals surface area (Å²) < 4.78 is 11.2. The van der Waals surface area contributed by atoms with Crippen LogP contribution in [-0.4, -0.2) is 15.7 Å². The molecule has 0 unspecified atom stereocenters. The van der Waals surface area contributed by atoms with Gasteiger partial charge in [0.05, 0.1) is 34.7 Å². The fourth-order valence-corrected chi connectivity index (χ4v) is 3.86. The minimum Gasteiger partial charge on any atom is -0.467 e. The van der Waals surface area contributed by atoms with Gasteiger partial charge in [0, 0.05) is 12.1 Å². The van der Waals surface area contributed by atoms with Crippen molar-refractivity contribution in [3.05, 3.63) is 110 Å². The van der Waals surface area contributed by atoms with Gasteiger partial charge in [-0.1, -0.05) is 24.3 Å². The van der Waals surface area contributed by atoms with Crippen LogP contribution in [0.15, 0.2) is 80.6 Å². The van der Waals surface area contributed by atoms with Crippen molar-refractivity contribution in [2.24, 2.45) is 0 Å². The fourth-order valence-electron chi connectivity index (χ4n) is 3.86. The molecule has 1 aliphatic heterocycles. The fraction of sp³-hybridized carbons (Fsp3) is 0.0909. The molecule has 8 nitrogen and oxygen atoms in total. The number of para-hydroxylation sites is 1. The van der Waals surface area contributed by atoms with E-state index in [-0.39, 0.29) is 29.0 Å². The smallest absolute Gasteiger partial charge is 0.291 e. The van der Waals surface area contributed by atoms with Crippen LogP contribution in [0, 0.1) is 10.1 Å². The van der Waals surface area contributed by atoms with Gasteiger partial charge in [0.2, 0.25) is 5.76 Å². The Morgan fingerprint density at radius 1 is 1.03 bits per heavy atom. The van der Waals surface area contributed by atoms with Crippen molar-refractivity contribution in [2.75, 3.05) is 0 Å². The number of amides is 1. The van der Waals surface area contributed by atoms with E-state index >= 15 is 0 Å². The number of carbonyl (C=O) groups excluding carboxylic acids is 1. The largest absolute Gasteiger partial charge is 0.467 e. The molecular weight excluding hydrogens is 388 g/mol. The van der Waals surface area contributed by atoms with Crippen LogP contribution in [0.2, 0.25) is 0 Å². The number of nitro groups is 1. The molecule has 2 aromatic heterocycles. The molecule has 1 atom stereocenters. The number of carbonyl (C=O) groups is 1. The van der Waals surface area contributed by atoms with Crippen molar-refractivity contribution < 1.29 is 18.6 Å². The molecule has 5 rings (SSSR count). The van der Waals surface area contributed by atoms with Crippen LogP contribution in [0.25, 0.3) is 11.0 Å². The van der Waals surface area contributed by atoms with E-state index in [1.807, 2.05) is 0 Å². The maximum atomic E-state index is 13.3. The van der Waals surface area contributed by atoms with E-state index in [9.17, 15) is 19.7 Å². The van der Waals surface area contributed by atoms with E-state index in [0.717, 1.165) is 0 Å². The first kappa shape index (κ1) is 17.9. The van der Waals surface area contributed by atoms with Gasteiger partial charge in [-0.2, -0.15) is 0 Å². The Hall–Kier alpha value is -4.20. The molecule has 0 aliphatic carbocycles. The lowest BCUT2D eigenvalue weighted by Gasteiger charge is -2.24. The number of hydrogen-bond donors (Lipinski definition) is 0. The van der Waals surface area contributed by atoms with Crippen molar-refractivity contribution in [2.45, 2.75) is 12.6 Å². The summed E-state index contributed by atoms with van der Waals surface area (Å²) in [5.74, 6) is -0.00823. The molecule has 0 saturated carbocycles. The Kier molecular flexibility index (Phi) is 3.99. The number of furan rings is 1. The Morgan fingerprint density at radius 3 is 2.63 bits per heavy atom. The molecule has 30 heavy (non-hydrogen) atoms. The zero-order valence-electron chi connectivity index (χ0n) is 15.5. The molecule has 4 aromatic rings. The second-order valence-corrected chi connectivity index (χ2v) is 6.94. The summed E-state index contributed by atoms with van der Waals surface area (Å²) in [7, 11) is 0. The second kappa shape index (κ2) is 6.70. The van der Waals surface area contributed by atoms with Crippen molar-refractivity contribution in [1.82, 2.24) is 4.90 Å². The minimum absolute atomic E-state index is 0.0539. The van der Waals surface area contributed by atoms with E-state index in [1.165, 1.54) is 29.4 Å². The maximum absolute atomic E-state index is 13.3. The third-order valence-electron chi connectivity index (χ3n) is 5.18. The molecule has 1 aliphatic rings. The van der Waals surface area contributed by atoms with Crippen LogP contribution in [0.3, 0.4) is 0 Å². The van der Waals surface area contributed by atoms with Crippen LogP contribution in [0.5, 0.6) is 0 Å². The van der Waals surface area contributed by atoms with E-state index in [2.05, 4.69) is 0 Å².